The Kier molecular flexibility index (Phi) is 5.51. The Labute approximate surface area is 96.2 Å². The molecule has 94 valence electrons. The Morgan fingerprint density at radius 3 is 3.00 bits per heavy atom. The topological polar surface area (TPSA) is 65.0 Å². The summed E-state index contributed by atoms with van der Waals surface area (Å²) in [7, 11) is 3.49. The van der Waals surface area contributed by atoms with Crippen LogP contribution in [0.2, 0.25) is 0 Å². The predicted octanol–water partition coefficient (Wildman–Crippen LogP) is -1.05. The molecule has 16 heavy (non-hydrogen) atoms. The summed E-state index contributed by atoms with van der Waals surface area (Å²) in [5.41, 5.74) is 0. The van der Waals surface area contributed by atoms with Crippen LogP contribution in [0, 0.1) is 0 Å². The van der Waals surface area contributed by atoms with Crippen LogP contribution in [0.5, 0.6) is 0 Å². The van der Waals surface area contributed by atoms with E-state index in [2.05, 4.69) is 5.32 Å². The highest BCUT2D eigenvalue weighted by Crippen LogP contribution is 1.97. The predicted molar refractivity (Wildman–Crippen MR) is 60.4 cm³/mol. The maximum atomic E-state index is 11.2. The van der Waals surface area contributed by atoms with Crippen molar-refractivity contribution in [1.29, 1.82) is 0 Å². The van der Waals surface area contributed by atoms with E-state index < -0.39 is 6.10 Å². The number of amides is 2. The lowest BCUT2D eigenvalue weighted by atomic mass is 10.3. The monoisotopic (exact) mass is 231 g/mol. The van der Waals surface area contributed by atoms with Crippen molar-refractivity contribution >= 4 is 6.03 Å². The molecule has 1 atom stereocenters. The lowest BCUT2D eigenvalue weighted by molar-refractivity contribution is 0.0424. The van der Waals surface area contributed by atoms with Crippen molar-refractivity contribution in [3.05, 3.63) is 0 Å². The van der Waals surface area contributed by atoms with Gasteiger partial charge in [-0.3, -0.25) is 0 Å². The molecule has 0 bridgehead atoms. The van der Waals surface area contributed by atoms with E-state index in [9.17, 15) is 9.90 Å². The van der Waals surface area contributed by atoms with Crippen LogP contribution in [0.25, 0.3) is 0 Å². The number of nitrogens with one attached hydrogen (secondary N) is 1. The van der Waals surface area contributed by atoms with Crippen molar-refractivity contribution in [3.8, 4) is 0 Å². The summed E-state index contributed by atoms with van der Waals surface area (Å²) in [5, 5.41) is 12.3. The highest BCUT2D eigenvalue weighted by atomic mass is 16.5. The van der Waals surface area contributed by atoms with E-state index in [4.69, 9.17) is 4.74 Å². The van der Waals surface area contributed by atoms with E-state index in [1.807, 2.05) is 11.9 Å². The maximum absolute atomic E-state index is 11.2. The van der Waals surface area contributed by atoms with E-state index in [0.717, 1.165) is 19.6 Å². The van der Waals surface area contributed by atoms with Crippen LogP contribution in [0.15, 0.2) is 0 Å². The Balaban J connectivity index is 2.14. The Morgan fingerprint density at radius 2 is 2.44 bits per heavy atom. The Hall–Kier alpha value is -0.850. The molecular formula is C10H21N3O3. The molecule has 2 amide bonds. The number of carbonyl (C=O) groups excluding carboxylic acids is 1. The third-order valence-corrected chi connectivity index (χ3v) is 2.58. The van der Waals surface area contributed by atoms with Crippen LogP contribution >= 0.6 is 0 Å². The smallest absolute Gasteiger partial charge is 0.317 e. The quantitative estimate of drug-likeness (QED) is 0.587. The summed E-state index contributed by atoms with van der Waals surface area (Å²) >= 11 is 0. The second kappa shape index (κ2) is 6.67. The van der Waals surface area contributed by atoms with Crippen LogP contribution in [0.1, 0.15) is 0 Å². The van der Waals surface area contributed by atoms with Crippen molar-refractivity contribution in [2.45, 2.75) is 6.10 Å². The largest absolute Gasteiger partial charge is 0.389 e. The van der Waals surface area contributed by atoms with Gasteiger partial charge in [-0.1, -0.05) is 0 Å². The zero-order valence-electron chi connectivity index (χ0n) is 9.98. The van der Waals surface area contributed by atoms with Crippen molar-refractivity contribution in [3.63, 3.8) is 0 Å². The normalized spacial score (nSPS) is 18.0. The van der Waals surface area contributed by atoms with Gasteiger partial charge in [0.2, 0.25) is 0 Å². The summed E-state index contributed by atoms with van der Waals surface area (Å²) in [6, 6.07) is 0.00541. The third-order valence-electron chi connectivity index (χ3n) is 2.58. The van der Waals surface area contributed by atoms with Gasteiger partial charge in [0.1, 0.15) is 0 Å². The summed E-state index contributed by atoms with van der Waals surface area (Å²) in [6.45, 7) is 3.86. The summed E-state index contributed by atoms with van der Waals surface area (Å²) < 4.78 is 4.85. The Morgan fingerprint density at radius 1 is 1.69 bits per heavy atom. The molecule has 1 fully saturated rings. The fourth-order valence-corrected chi connectivity index (χ4v) is 1.71. The second-order valence-corrected chi connectivity index (χ2v) is 4.09. The molecule has 2 N–H and O–H groups in total. The third kappa shape index (κ3) is 4.34. The van der Waals surface area contributed by atoms with Crippen LogP contribution in [-0.4, -0.2) is 80.5 Å². The SMILES string of the molecule is COCC(O)CN(C)CCN1CCNC1=O. The van der Waals surface area contributed by atoms with Gasteiger partial charge in [0.05, 0.1) is 12.7 Å². The fourth-order valence-electron chi connectivity index (χ4n) is 1.71. The molecular weight excluding hydrogens is 210 g/mol. The van der Waals surface area contributed by atoms with Crippen molar-refractivity contribution in [1.82, 2.24) is 15.1 Å². The van der Waals surface area contributed by atoms with Crippen LogP contribution in [-0.2, 0) is 4.74 Å². The number of carbonyl (C=O) groups is 1. The first-order valence-corrected chi connectivity index (χ1v) is 5.52. The number of urea groups is 1. The number of methoxy groups -OCH3 is 1. The van der Waals surface area contributed by atoms with Gasteiger partial charge in [-0.05, 0) is 7.05 Å². The summed E-state index contributed by atoms with van der Waals surface area (Å²) in [6.07, 6.45) is -0.470. The number of aliphatic hydroxyl groups is 1. The minimum atomic E-state index is -0.470. The highest BCUT2D eigenvalue weighted by Gasteiger charge is 2.19. The number of hydrogen-bond donors (Lipinski definition) is 2. The van der Waals surface area contributed by atoms with Gasteiger partial charge >= 0.3 is 6.03 Å². The molecule has 0 saturated carbocycles. The molecule has 1 aliphatic heterocycles. The van der Waals surface area contributed by atoms with Crippen molar-refractivity contribution in [2.75, 3.05) is 53.5 Å². The van der Waals surface area contributed by atoms with E-state index in [-0.39, 0.29) is 6.03 Å². The van der Waals surface area contributed by atoms with Crippen molar-refractivity contribution in [2.24, 2.45) is 0 Å². The average Bonchev–Trinajstić information content (AvgIpc) is 2.61. The number of ether oxygens (including phenoxy) is 1. The first-order valence-electron chi connectivity index (χ1n) is 5.52. The molecule has 0 aromatic heterocycles. The Bertz CT molecular complexity index is 225. The lowest BCUT2D eigenvalue weighted by Crippen LogP contribution is -2.39. The van der Waals surface area contributed by atoms with Gasteiger partial charge in [0.25, 0.3) is 0 Å². The minimum Gasteiger partial charge on any atom is -0.389 e. The number of aliphatic hydroxyl groups excluding tert-OH is 1. The molecule has 1 rings (SSSR count). The van der Waals surface area contributed by atoms with Gasteiger partial charge in [-0.2, -0.15) is 0 Å². The molecule has 0 aromatic carbocycles. The van der Waals surface area contributed by atoms with Gasteiger partial charge in [0, 0.05) is 39.8 Å². The number of rotatable bonds is 7. The van der Waals surface area contributed by atoms with Gasteiger partial charge in [-0.25, -0.2) is 4.79 Å². The van der Waals surface area contributed by atoms with E-state index in [0.29, 0.717) is 19.7 Å². The number of likely N-dealkylation sites (N-methyl/N-ethyl adjacent to an activating group) is 1. The molecule has 6 heteroatoms. The average molecular weight is 231 g/mol. The summed E-state index contributed by atoms with van der Waals surface area (Å²) in [4.78, 5) is 15.0. The minimum absolute atomic E-state index is 0.00541. The number of hydrogen-bond acceptors (Lipinski definition) is 4. The number of nitrogens with zero attached hydrogens (tertiary/aromatic N) is 2. The van der Waals surface area contributed by atoms with E-state index >= 15 is 0 Å². The summed E-state index contributed by atoms with van der Waals surface area (Å²) in [5.74, 6) is 0. The van der Waals surface area contributed by atoms with Crippen molar-refractivity contribution < 1.29 is 14.6 Å². The highest BCUT2D eigenvalue weighted by molar-refractivity contribution is 5.76. The first kappa shape index (κ1) is 13.2. The zero-order chi connectivity index (χ0) is 12.0. The first-order chi connectivity index (χ1) is 7.63. The molecule has 1 aliphatic rings. The molecule has 0 aliphatic carbocycles. The molecule has 6 nitrogen and oxygen atoms in total. The van der Waals surface area contributed by atoms with Gasteiger partial charge < -0.3 is 25.0 Å². The zero-order valence-corrected chi connectivity index (χ0v) is 9.98. The molecule has 0 radical (unpaired) electrons. The fraction of sp³-hybridized carbons (Fsp3) is 0.900. The van der Waals surface area contributed by atoms with Gasteiger partial charge in [-0.15, -0.1) is 0 Å². The van der Waals surface area contributed by atoms with Crippen LogP contribution in [0.4, 0.5) is 4.79 Å². The standard InChI is InChI=1S/C10H21N3O3/c1-12(7-9(14)8-16-2)5-6-13-4-3-11-10(13)15/h9,14H,3-8H2,1-2H3,(H,11,15). The van der Waals surface area contributed by atoms with Gasteiger partial charge in [0.15, 0.2) is 0 Å². The lowest BCUT2D eigenvalue weighted by Gasteiger charge is -2.22. The van der Waals surface area contributed by atoms with Crippen LogP contribution < -0.4 is 5.32 Å². The molecule has 0 aromatic rings. The van der Waals surface area contributed by atoms with E-state index in [1.54, 1.807) is 12.0 Å². The molecule has 0 spiro atoms. The molecule has 1 unspecified atom stereocenters. The maximum Gasteiger partial charge on any atom is 0.317 e. The molecule has 1 heterocycles. The second-order valence-electron chi connectivity index (χ2n) is 4.09. The molecule has 1 saturated heterocycles. The van der Waals surface area contributed by atoms with Crippen LogP contribution in [0.3, 0.4) is 0 Å². The van der Waals surface area contributed by atoms with E-state index in [1.165, 1.54) is 0 Å².